The van der Waals surface area contributed by atoms with Crippen molar-refractivity contribution < 1.29 is 5.11 Å². The zero-order valence-electron chi connectivity index (χ0n) is 10.9. The third kappa shape index (κ3) is 2.78. The van der Waals surface area contributed by atoms with Gasteiger partial charge in [0.1, 0.15) is 0 Å². The first-order valence-corrected chi connectivity index (χ1v) is 7.00. The van der Waals surface area contributed by atoms with Crippen LogP contribution in [-0.2, 0) is 0 Å². The van der Waals surface area contributed by atoms with Crippen LogP contribution in [0.25, 0.3) is 0 Å². The van der Waals surface area contributed by atoms with Crippen molar-refractivity contribution >= 4 is 0 Å². The van der Waals surface area contributed by atoms with Crippen molar-refractivity contribution in [2.45, 2.75) is 58.5 Å². The van der Waals surface area contributed by atoms with Crippen molar-refractivity contribution in [2.75, 3.05) is 19.6 Å². The van der Waals surface area contributed by atoms with E-state index in [0.717, 1.165) is 6.54 Å². The summed E-state index contributed by atoms with van der Waals surface area (Å²) < 4.78 is 0. The normalized spacial score (nSPS) is 36.2. The first-order valence-electron chi connectivity index (χ1n) is 7.00. The molecule has 0 aromatic heterocycles. The van der Waals surface area contributed by atoms with Gasteiger partial charge in [-0.3, -0.25) is 0 Å². The van der Waals surface area contributed by atoms with Gasteiger partial charge in [0, 0.05) is 6.54 Å². The third-order valence-corrected chi connectivity index (χ3v) is 4.58. The predicted molar refractivity (Wildman–Crippen MR) is 67.4 cm³/mol. The largest absolute Gasteiger partial charge is 0.392 e. The first kappa shape index (κ1) is 12.4. The number of nitrogens with zero attached hydrogens (tertiary/aromatic N) is 1. The van der Waals surface area contributed by atoms with Crippen LogP contribution in [-0.4, -0.2) is 35.7 Å². The summed E-state index contributed by atoms with van der Waals surface area (Å²) in [6.45, 7) is 8.08. The average molecular weight is 225 g/mol. The number of hydrogen-bond acceptors (Lipinski definition) is 2. The molecule has 2 aliphatic rings. The van der Waals surface area contributed by atoms with Crippen LogP contribution in [0.5, 0.6) is 0 Å². The summed E-state index contributed by atoms with van der Waals surface area (Å²) in [5.74, 6) is 0.516. The van der Waals surface area contributed by atoms with Gasteiger partial charge in [-0.25, -0.2) is 0 Å². The Hall–Kier alpha value is -0.0800. The molecule has 94 valence electrons. The summed E-state index contributed by atoms with van der Waals surface area (Å²) >= 11 is 0. The van der Waals surface area contributed by atoms with Crippen LogP contribution >= 0.6 is 0 Å². The molecule has 0 aromatic carbocycles. The van der Waals surface area contributed by atoms with Gasteiger partial charge in [0.05, 0.1) is 6.10 Å². The van der Waals surface area contributed by atoms with Crippen molar-refractivity contribution in [1.29, 1.82) is 0 Å². The van der Waals surface area contributed by atoms with Crippen LogP contribution in [0.1, 0.15) is 52.4 Å². The Morgan fingerprint density at radius 2 is 1.81 bits per heavy atom. The summed E-state index contributed by atoms with van der Waals surface area (Å²) in [5, 5.41) is 10.4. The maximum atomic E-state index is 10.4. The summed E-state index contributed by atoms with van der Waals surface area (Å²) in [5.41, 5.74) is 0.138. The number of aliphatic hydroxyl groups is 1. The molecule has 1 heterocycles. The molecule has 2 heteroatoms. The summed E-state index contributed by atoms with van der Waals surface area (Å²) in [6, 6.07) is 0. The lowest BCUT2D eigenvalue weighted by atomic mass is 9.69. The fourth-order valence-electron chi connectivity index (χ4n) is 3.43. The molecule has 16 heavy (non-hydrogen) atoms. The average Bonchev–Trinajstić information content (AvgIpc) is 2.26. The van der Waals surface area contributed by atoms with E-state index in [0.29, 0.717) is 5.92 Å². The van der Waals surface area contributed by atoms with Gasteiger partial charge in [-0.15, -0.1) is 0 Å². The van der Waals surface area contributed by atoms with E-state index in [2.05, 4.69) is 18.7 Å². The number of hydrogen-bond donors (Lipinski definition) is 1. The highest BCUT2D eigenvalue weighted by Crippen LogP contribution is 2.39. The Morgan fingerprint density at radius 3 is 2.50 bits per heavy atom. The van der Waals surface area contributed by atoms with Gasteiger partial charge in [-0.2, -0.15) is 0 Å². The third-order valence-electron chi connectivity index (χ3n) is 4.58. The second-order valence-electron chi connectivity index (χ2n) is 6.45. The summed E-state index contributed by atoms with van der Waals surface area (Å²) in [7, 11) is 0. The molecule has 0 bridgehead atoms. The topological polar surface area (TPSA) is 23.5 Å². The van der Waals surface area contributed by atoms with Crippen molar-refractivity contribution in [3.63, 3.8) is 0 Å². The molecular weight excluding hydrogens is 198 g/mol. The number of piperidine rings is 1. The van der Waals surface area contributed by atoms with Crippen molar-refractivity contribution in [1.82, 2.24) is 4.90 Å². The van der Waals surface area contributed by atoms with Crippen LogP contribution < -0.4 is 0 Å². The molecule has 0 aromatic rings. The highest BCUT2D eigenvalue weighted by Gasteiger charge is 2.38. The minimum atomic E-state index is -0.0943. The molecule has 2 atom stereocenters. The smallest absolute Gasteiger partial charge is 0.0631 e. The molecule has 0 spiro atoms. The fraction of sp³-hybridized carbons (Fsp3) is 1.00. The van der Waals surface area contributed by atoms with Crippen molar-refractivity contribution in [3.05, 3.63) is 0 Å². The molecule has 2 fully saturated rings. The van der Waals surface area contributed by atoms with E-state index < -0.39 is 0 Å². The maximum Gasteiger partial charge on any atom is 0.0631 e. The summed E-state index contributed by atoms with van der Waals surface area (Å²) in [4.78, 5) is 2.57. The molecule has 0 amide bonds. The molecular formula is C14H27NO. The van der Waals surface area contributed by atoms with Gasteiger partial charge < -0.3 is 10.0 Å². The molecule has 1 aliphatic carbocycles. The molecule has 2 rings (SSSR count). The Bertz CT molecular complexity index is 221. The van der Waals surface area contributed by atoms with Crippen molar-refractivity contribution in [2.24, 2.45) is 11.3 Å². The van der Waals surface area contributed by atoms with Crippen LogP contribution in [0.4, 0.5) is 0 Å². The fourth-order valence-corrected chi connectivity index (χ4v) is 3.43. The molecule has 2 unspecified atom stereocenters. The van der Waals surface area contributed by atoms with E-state index >= 15 is 0 Å². The van der Waals surface area contributed by atoms with Gasteiger partial charge in [0.15, 0.2) is 0 Å². The Labute approximate surface area is 100 Å². The zero-order chi connectivity index (χ0) is 11.6. The molecule has 1 saturated carbocycles. The molecule has 1 aliphatic heterocycles. The highest BCUT2D eigenvalue weighted by molar-refractivity contribution is 4.89. The van der Waals surface area contributed by atoms with E-state index in [1.165, 1.54) is 51.6 Å². The Balaban J connectivity index is 1.88. The molecule has 1 saturated heterocycles. The van der Waals surface area contributed by atoms with Crippen LogP contribution in [0.2, 0.25) is 0 Å². The van der Waals surface area contributed by atoms with E-state index in [1.54, 1.807) is 0 Å². The first-order chi connectivity index (χ1) is 7.59. The predicted octanol–water partition coefficient (Wildman–Crippen LogP) is 2.66. The van der Waals surface area contributed by atoms with Gasteiger partial charge in [-0.05, 0) is 50.1 Å². The van der Waals surface area contributed by atoms with Gasteiger partial charge in [-0.1, -0.05) is 26.7 Å². The lowest BCUT2D eigenvalue weighted by Crippen LogP contribution is -2.46. The minimum Gasteiger partial charge on any atom is -0.392 e. The lowest BCUT2D eigenvalue weighted by molar-refractivity contribution is -0.0443. The second kappa shape index (κ2) is 5.05. The summed E-state index contributed by atoms with van der Waals surface area (Å²) in [6.07, 6.45) is 7.71. The maximum absolute atomic E-state index is 10.4. The molecule has 2 nitrogen and oxygen atoms in total. The number of aliphatic hydroxyl groups excluding tert-OH is 1. The SMILES string of the molecule is CC1(C)CCCC(CN2CCCCC2)C1O. The van der Waals surface area contributed by atoms with Crippen LogP contribution in [0.3, 0.4) is 0 Å². The number of rotatable bonds is 2. The van der Waals surface area contributed by atoms with Crippen LogP contribution in [0.15, 0.2) is 0 Å². The van der Waals surface area contributed by atoms with E-state index in [-0.39, 0.29) is 11.5 Å². The Morgan fingerprint density at radius 1 is 1.12 bits per heavy atom. The van der Waals surface area contributed by atoms with E-state index in [9.17, 15) is 5.11 Å². The van der Waals surface area contributed by atoms with Crippen LogP contribution in [0, 0.1) is 11.3 Å². The van der Waals surface area contributed by atoms with E-state index in [1.807, 2.05) is 0 Å². The quantitative estimate of drug-likeness (QED) is 0.781. The van der Waals surface area contributed by atoms with Crippen molar-refractivity contribution in [3.8, 4) is 0 Å². The monoisotopic (exact) mass is 225 g/mol. The zero-order valence-corrected chi connectivity index (χ0v) is 10.9. The van der Waals surface area contributed by atoms with E-state index in [4.69, 9.17) is 0 Å². The highest BCUT2D eigenvalue weighted by atomic mass is 16.3. The van der Waals surface area contributed by atoms with Gasteiger partial charge in [0.25, 0.3) is 0 Å². The van der Waals surface area contributed by atoms with Gasteiger partial charge in [0.2, 0.25) is 0 Å². The lowest BCUT2D eigenvalue weighted by Gasteiger charge is -2.43. The molecule has 0 radical (unpaired) electrons. The second-order valence-corrected chi connectivity index (χ2v) is 6.45. The molecule has 1 N–H and O–H groups in total. The Kier molecular flexibility index (Phi) is 3.91. The number of likely N-dealkylation sites (tertiary alicyclic amines) is 1. The minimum absolute atomic E-state index is 0.0943. The van der Waals surface area contributed by atoms with Gasteiger partial charge >= 0.3 is 0 Å². The standard InChI is InChI=1S/C14H27NO/c1-14(2)8-6-7-12(13(14)16)11-15-9-4-3-5-10-15/h12-13,16H,3-11H2,1-2H3.